The highest BCUT2D eigenvalue weighted by molar-refractivity contribution is 6.30. The maximum absolute atomic E-state index is 11.9. The molecule has 0 bridgehead atoms. The van der Waals surface area contributed by atoms with Gasteiger partial charge in [0.15, 0.2) is 6.61 Å². The number of ether oxygens (including phenoxy) is 1. The lowest BCUT2D eigenvalue weighted by Crippen LogP contribution is -2.28. The Balaban J connectivity index is 1.88. The number of rotatable bonds is 5. The number of hydrogen-bond donors (Lipinski definition) is 1. The molecule has 0 atom stereocenters. The first-order valence-electron chi connectivity index (χ1n) is 7.17. The highest BCUT2D eigenvalue weighted by Crippen LogP contribution is 2.24. The van der Waals surface area contributed by atoms with Crippen molar-refractivity contribution in [2.75, 3.05) is 6.61 Å². The Morgan fingerprint density at radius 3 is 2.45 bits per heavy atom. The van der Waals surface area contributed by atoms with Gasteiger partial charge in [0, 0.05) is 11.6 Å². The zero-order valence-electron chi connectivity index (χ0n) is 13.1. The lowest BCUT2D eigenvalue weighted by atomic mass is 10.1. The SMILES string of the molecule is Cc1cc(C)c(OCC(=O)NCc2cccc(Cl)c2)c(C)c1. The third kappa shape index (κ3) is 4.50. The average molecular weight is 318 g/mol. The average Bonchev–Trinajstić information content (AvgIpc) is 2.44. The summed E-state index contributed by atoms with van der Waals surface area (Å²) in [5.41, 5.74) is 4.23. The van der Waals surface area contributed by atoms with E-state index in [-0.39, 0.29) is 12.5 Å². The number of hydrogen-bond acceptors (Lipinski definition) is 2. The van der Waals surface area contributed by atoms with Gasteiger partial charge in [-0.1, -0.05) is 41.4 Å². The van der Waals surface area contributed by atoms with Gasteiger partial charge in [0.05, 0.1) is 0 Å². The number of carbonyl (C=O) groups excluding carboxylic acids is 1. The van der Waals surface area contributed by atoms with Gasteiger partial charge < -0.3 is 10.1 Å². The Labute approximate surface area is 136 Å². The normalized spacial score (nSPS) is 10.4. The van der Waals surface area contributed by atoms with Crippen molar-refractivity contribution in [1.29, 1.82) is 0 Å². The Morgan fingerprint density at radius 1 is 1.14 bits per heavy atom. The molecule has 0 spiro atoms. The van der Waals surface area contributed by atoms with E-state index in [0.717, 1.165) is 22.4 Å². The van der Waals surface area contributed by atoms with E-state index < -0.39 is 0 Å². The maximum atomic E-state index is 11.9. The van der Waals surface area contributed by atoms with Gasteiger partial charge in [-0.15, -0.1) is 0 Å². The molecule has 4 heteroatoms. The van der Waals surface area contributed by atoms with Crippen LogP contribution in [0.5, 0.6) is 5.75 Å². The molecule has 0 aliphatic heterocycles. The standard InChI is InChI=1S/C18H20ClNO2/c1-12-7-13(2)18(14(3)8-12)22-11-17(21)20-10-15-5-4-6-16(19)9-15/h4-9H,10-11H2,1-3H3,(H,20,21). The Kier molecular flexibility index (Phi) is 5.45. The van der Waals surface area contributed by atoms with Crippen LogP contribution in [-0.2, 0) is 11.3 Å². The highest BCUT2D eigenvalue weighted by Gasteiger charge is 2.08. The summed E-state index contributed by atoms with van der Waals surface area (Å²) in [6.07, 6.45) is 0. The van der Waals surface area contributed by atoms with Crippen molar-refractivity contribution >= 4 is 17.5 Å². The van der Waals surface area contributed by atoms with Crippen molar-refractivity contribution < 1.29 is 9.53 Å². The lowest BCUT2D eigenvalue weighted by Gasteiger charge is -2.13. The van der Waals surface area contributed by atoms with Gasteiger partial charge in [-0.25, -0.2) is 0 Å². The van der Waals surface area contributed by atoms with Crippen molar-refractivity contribution in [3.63, 3.8) is 0 Å². The summed E-state index contributed by atoms with van der Waals surface area (Å²) in [4.78, 5) is 11.9. The second-order valence-electron chi connectivity index (χ2n) is 5.42. The predicted molar refractivity (Wildman–Crippen MR) is 89.4 cm³/mol. The molecule has 1 N–H and O–H groups in total. The van der Waals surface area contributed by atoms with E-state index in [2.05, 4.69) is 5.32 Å². The smallest absolute Gasteiger partial charge is 0.258 e. The van der Waals surface area contributed by atoms with E-state index in [1.165, 1.54) is 5.56 Å². The molecule has 1 amide bonds. The molecular formula is C18H20ClNO2. The monoisotopic (exact) mass is 317 g/mol. The van der Waals surface area contributed by atoms with Crippen LogP contribution in [-0.4, -0.2) is 12.5 Å². The summed E-state index contributed by atoms with van der Waals surface area (Å²) in [7, 11) is 0. The van der Waals surface area contributed by atoms with Crippen LogP contribution in [0.4, 0.5) is 0 Å². The quantitative estimate of drug-likeness (QED) is 0.906. The van der Waals surface area contributed by atoms with Crippen molar-refractivity contribution in [3.8, 4) is 5.75 Å². The van der Waals surface area contributed by atoms with Crippen LogP contribution < -0.4 is 10.1 Å². The van der Waals surface area contributed by atoms with Crippen LogP contribution >= 0.6 is 11.6 Å². The molecule has 2 rings (SSSR count). The third-order valence-corrected chi connectivity index (χ3v) is 3.57. The van der Waals surface area contributed by atoms with Crippen LogP contribution in [0, 0.1) is 20.8 Å². The fourth-order valence-corrected chi connectivity index (χ4v) is 2.64. The predicted octanol–water partition coefficient (Wildman–Crippen LogP) is 3.96. The Hall–Kier alpha value is -2.00. The highest BCUT2D eigenvalue weighted by atomic mass is 35.5. The molecule has 0 aliphatic rings. The van der Waals surface area contributed by atoms with E-state index in [4.69, 9.17) is 16.3 Å². The molecule has 0 saturated heterocycles. The number of halogens is 1. The summed E-state index contributed by atoms with van der Waals surface area (Å²) < 4.78 is 5.66. The molecule has 0 fully saturated rings. The van der Waals surface area contributed by atoms with E-state index in [9.17, 15) is 4.79 Å². The van der Waals surface area contributed by atoms with E-state index in [0.29, 0.717) is 11.6 Å². The summed E-state index contributed by atoms with van der Waals surface area (Å²) in [5.74, 6) is 0.628. The first-order chi connectivity index (χ1) is 10.5. The van der Waals surface area contributed by atoms with Crippen LogP contribution in [0.2, 0.25) is 5.02 Å². The first kappa shape index (κ1) is 16.4. The summed E-state index contributed by atoms with van der Waals surface area (Å²) >= 11 is 5.91. The van der Waals surface area contributed by atoms with Crippen LogP contribution in [0.1, 0.15) is 22.3 Å². The molecule has 22 heavy (non-hydrogen) atoms. The van der Waals surface area contributed by atoms with Crippen molar-refractivity contribution in [1.82, 2.24) is 5.32 Å². The first-order valence-corrected chi connectivity index (χ1v) is 7.55. The van der Waals surface area contributed by atoms with Gasteiger partial charge in [-0.2, -0.15) is 0 Å². The molecule has 0 saturated carbocycles. The van der Waals surface area contributed by atoms with Gasteiger partial charge in [0.2, 0.25) is 0 Å². The van der Waals surface area contributed by atoms with Crippen LogP contribution in [0.25, 0.3) is 0 Å². The zero-order chi connectivity index (χ0) is 16.1. The summed E-state index contributed by atoms with van der Waals surface area (Å²) in [5, 5.41) is 3.49. The molecule has 2 aromatic rings. The van der Waals surface area contributed by atoms with E-state index in [1.807, 2.05) is 51.1 Å². The molecular weight excluding hydrogens is 298 g/mol. The van der Waals surface area contributed by atoms with Crippen molar-refractivity contribution in [3.05, 3.63) is 63.7 Å². The zero-order valence-corrected chi connectivity index (χ0v) is 13.8. The minimum atomic E-state index is -0.153. The van der Waals surface area contributed by atoms with E-state index in [1.54, 1.807) is 6.07 Å². The molecule has 3 nitrogen and oxygen atoms in total. The molecule has 0 aromatic heterocycles. The number of nitrogens with one attached hydrogen (secondary N) is 1. The number of aryl methyl sites for hydroxylation is 3. The third-order valence-electron chi connectivity index (χ3n) is 3.33. The summed E-state index contributed by atoms with van der Waals surface area (Å²) in [6, 6.07) is 11.5. The number of benzene rings is 2. The second-order valence-corrected chi connectivity index (χ2v) is 5.86. The summed E-state index contributed by atoms with van der Waals surface area (Å²) in [6.45, 7) is 6.46. The fourth-order valence-electron chi connectivity index (χ4n) is 2.43. The van der Waals surface area contributed by atoms with Crippen molar-refractivity contribution in [2.45, 2.75) is 27.3 Å². The minimum Gasteiger partial charge on any atom is -0.483 e. The van der Waals surface area contributed by atoms with Crippen LogP contribution in [0.3, 0.4) is 0 Å². The molecule has 2 aromatic carbocycles. The molecule has 0 radical (unpaired) electrons. The van der Waals surface area contributed by atoms with Gasteiger partial charge >= 0.3 is 0 Å². The van der Waals surface area contributed by atoms with Gasteiger partial charge in [0.25, 0.3) is 5.91 Å². The van der Waals surface area contributed by atoms with Crippen molar-refractivity contribution in [2.24, 2.45) is 0 Å². The molecule has 116 valence electrons. The number of carbonyl (C=O) groups is 1. The van der Waals surface area contributed by atoms with Crippen LogP contribution in [0.15, 0.2) is 36.4 Å². The topological polar surface area (TPSA) is 38.3 Å². The van der Waals surface area contributed by atoms with Gasteiger partial charge in [0.1, 0.15) is 5.75 Å². The lowest BCUT2D eigenvalue weighted by molar-refractivity contribution is -0.123. The molecule has 0 heterocycles. The van der Waals surface area contributed by atoms with E-state index >= 15 is 0 Å². The second kappa shape index (κ2) is 7.32. The Morgan fingerprint density at radius 2 is 1.82 bits per heavy atom. The molecule has 0 aliphatic carbocycles. The molecule has 0 unspecified atom stereocenters. The maximum Gasteiger partial charge on any atom is 0.258 e. The number of amides is 1. The Bertz CT molecular complexity index is 660. The largest absolute Gasteiger partial charge is 0.483 e. The fraction of sp³-hybridized carbons (Fsp3) is 0.278. The minimum absolute atomic E-state index is 0.00526. The van der Waals surface area contributed by atoms with Gasteiger partial charge in [-0.05, 0) is 49.6 Å². The van der Waals surface area contributed by atoms with Gasteiger partial charge in [-0.3, -0.25) is 4.79 Å².